The highest BCUT2D eigenvalue weighted by molar-refractivity contribution is 5.83. The number of nitrogens with two attached hydrogens (primary N) is 1. The Labute approximate surface area is 95.0 Å². The average molecular weight is 229 g/mol. The van der Waals surface area contributed by atoms with Crippen LogP contribution >= 0.6 is 0 Å². The Bertz CT molecular complexity index is 296. The van der Waals surface area contributed by atoms with E-state index in [1.54, 1.807) is 4.90 Å². The van der Waals surface area contributed by atoms with Gasteiger partial charge < -0.3 is 20.6 Å². The summed E-state index contributed by atoms with van der Waals surface area (Å²) < 4.78 is 5.23. The smallest absolute Gasteiger partial charge is 0.410 e. The number of likely N-dealkylation sites (tertiary alicyclic amines) is 1. The third-order valence-corrected chi connectivity index (χ3v) is 2.37. The zero-order valence-corrected chi connectivity index (χ0v) is 9.93. The molecule has 0 aromatic carbocycles. The Balaban J connectivity index is 2.50. The summed E-state index contributed by atoms with van der Waals surface area (Å²) in [7, 11) is 0. The van der Waals surface area contributed by atoms with Crippen molar-refractivity contribution in [2.45, 2.75) is 32.8 Å². The van der Waals surface area contributed by atoms with Crippen LogP contribution in [0.25, 0.3) is 0 Å². The number of carbonyl (C=O) groups is 1. The predicted octanol–water partition coefficient (Wildman–Crippen LogP) is 0.990. The maximum atomic E-state index is 11.7. The van der Waals surface area contributed by atoms with Crippen LogP contribution < -0.4 is 5.73 Å². The van der Waals surface area contributed by atoms with Crippen molar-refractivity contribution in [2.24, 2.45) is 16.8 Å². The number of carbonyl (C=O) groups excluding carboxylic acids is 1. The second-order valence-electron chi connectivity index (χ2n) is 4.94. The largest absolute Gasteiger partial charge is 0.444 e. The van der Waals surface area contributed by atoms with Crippen LogP contribution in [0.5, 0.6) is 0 Å². The molecule has 0 spiro atoms. The number of ether oxygens (including phenoxy) is 1. The number of nitrogens with zero attached hydrogens (tertiary/aromatic N) is 2. The van der Waals surface area contributed by atoms with Gasteiger partial charge in [-0.2, -0.15) is 0 Å². The van der Waals surface area contributed by atoms with E-state index >= 15 is 0 Å². The van der Waals surface area contributed by atoms with Crippen molar-refractivity contribution >= 4 is 11.9 Å². The Morgan fingerprint density at radius 2 is 2.19 bits per heavy atom. The molecule has 1 heterocycles. The van der Waals surface area contributed by atoms with Crippen LogP contribution in [0.15, 0.2) is 5.16 Å². The topological polar surface area (TPSA) is 88.2 Å². The van der Waals surface area contributed by atoms with Gasteiger partial charge in [0.2, 0.25) is 0 Å². The fraction of sp³-hybridized carbons (Fsp3) is 0.800. The standard InChI is InChI=1S/C10H19N3O3/c1-10(2,3)16-9(14)13-5-4-7(6-13)8(11)12-15/h7,15H,4-6H2,1-3H3,(H2,11,12)/t7-/m0/s1. The molecule has 6 heteroatoms. The molecule has 16 heavy (non-hydrogen) atoms. The predicted molar refractivity (Wildman–Crippen MR) is 59.3 cm³/mol. The lowest BCUT2D eigenvalue weighted by Crippen LogP contribution is -2.36. The van der Waals surface area contributed by atoms with Crippen molar-refractivity contribution < 1.29 is 14.7 Å². The van der Waals surface area contributed by atoms with E-state index in [-0.39, 0.29) is 17.8 Å². The maximum Gasteiger partial charge on any atom is 0.410 e. The van der Waals surface area contributed by atoms with Crippen LogP contribution in [0.2, 0.25) is 0 Å². The molecule has 0 aliphatic carbocycles. The van der Waals surface area contributed by atoms with E-state index in [9.17, 15) is 4.79 Å². The molecule has 0 bridgehead atoms. The van der Waals surface area contributed by atoms with Gasteiger partial charge in [-0.15, -0.1) is 0 Å². The summed E-state index contributed by atoms with van der Waals surface area (Å²) in [5.41, 5.74) is 4.99. The van der Waals surface area contributed by atoms with Gasteiger partial charge in [0.25, 0.3) is 0 Å². The van der Waals surface area contributed by atoms with E-state index in [1.807, 2.05) is 20.8 Å². The van der Waals surface area contributed by atoms with Gasteiger partial charge in [-0.05, 0) is 27.2 Å². The van der Waals surface area contributed by atoms with Gasteiger partial charge in [-0.25, -0.2) is 4.79 Å². The van der Waals surface area contributed by atoms with Crippen LogP contribution in [0.4, 0.5) is 4.79 Å². The maximum absolute atomic E-state index is 11.7. The van der Waals surface area contributed by atoms with Gasteiger partial charge in [0.15, 0.2) is 0 Å². The second kappa shape index (κ2) is 4.59. The van der Waals surface area contributed by atoms with E-state index in [2.05, 4.69) is 5.16 Å². The summed E-state index contributed by atoms with van der Waals surface area (Å²) in [4.78, 5) is 13.3. The van der Waals surface area contributed by atoms with Crippen LogP contribution in [-0.4, -0.2) is 40.7 Å². The van der Waals surface area contributed by atoms with Crippen LogP contribution in [0.1, 0.15) is 27.2 Å². The lowest BCUT2D eigenvalue weighted by atomic mass is 10.1. The molecule has 0 saturated carbocycles. The highest BCUT2D eigenvalue weighted by Crippen LogP contribution is 2.19. The minimum atomic E-state index is -0.494. The van der Waals surface area contributed by atoms with Crippen molar-refractivity contribution in [3.8, 4) is 0 Å². The van der Waals surface area contributed by atoms with Crippen LogP contribution in [-0.2, 0) is 4.74 Å². The Hall–Kier alpha value is -1.46. The molecule has 1 amide bonds. The van der Waals surface area contributed by atoms with E-state index in [0.29, 0.717) is 19.5 Å². The van der Waals surface area contributed by atoms with E-state index in [1.165, 1.54) is 0 Å². The van der Waals surface area contributed by atoms with Gasteiger partial charge in [0, 0.05) is 19.0 Å². The number of hydrogen-bond donors (Lipinski definition) is 2. The summed E-state index contributed by atoms with van der Waals surface area (Å²) in [5.74, 6) is 0.101. The third kappa shape index (κ3) is 3.29. The average Bonchev–Trinajstić information content (AvgIpc) is 2.62. The second-order valence-corrected chi connectivity index (χ2v) is 4.94. The number of amidine groups is 1. The number of amides is 1. The van der Waals surface area contributed by atoms with E-state index in [0.717, 1.165) is 0 Å². The lowest BCUT2D eigenvalue weighted by molar-refractivity contribution is 0.0292. The van der Waals surface area contributed by atoms with Gasteiger partial charge in [-0.1, -0.05) is 5.16 Å². The lowest BCUT2D eigenvalue weighted by Gasteiger charge is -2.24. The molecular formula is C10H19N3O3. The monoisotopic (exact) mass is 229 g/mol. The summed E-state index contributed by atoms with van der Waals surface area (Å²) in [6, 6.07) is 0. The Morgan fingerprint density at radius 1 is 1.56 bits per heavy atom. The fourth-order valence-corrected chi connectivity index (χ4v) is 1.58. The Morgan fingerprint density at radius 3 is 2.69 bits per heavy atom. The van der Waals surface area contributed by atoms with Crippen LogP contribution in [0, 0.1) is 5.92 Å². The summed E-state index contributed by atoms with van der Waals surface area (Å²) in [6.07, 6.45) is 0.357. The highest BCUT2D eigenvalue weighted by atomic mass is 16.6. The normalized spacial score (nSPS) is 22.3. The van der Waals surface area contributed by atoms with Crippen molar-refractivity contribution in [2.75, 3.05) is 13.1 Å². The molecule has 0 unspecified atom stereocenters. The van der Waals surface area contributed by atoms with Crippen molar-refractivity contribution in [3.63, 3.8) is 0 Å². The highest BCUT2D eigenvalue weighted by Gasteiger charge is 2.31. The third-order valence-electron chi connectivity index (χ3n) is 2.37. The van der Waals surface area contributed by atoms with Gasteiger partial charge in [0.05, 0.1) is 0 Å². The zero-order valence-electron chi connectivity index (χ0n) is 9.93. The number of oxime groups is 1. The van der Waals surface area contributed by atoms with Gasteiger partial charge >= 0.3 is 6.09 Å². The first kappa shape index (κ1) is 12.6. The molecule has 0 radical (unpaired) electrons. The Kier molecular flexibility index (Phi) is 3.62. The minimum Gasteiger partial charge on any atom is -0.444 e. The molecule has 1 aliphatic rings. The molecule has 1 atom stereocenters. The minimum absolute atomic E-state index is 0.0717. The van der Waals surface area contributed by atoms with E-state index < -0.39 is 5.60 Å². The summed E-state index contributed by atoms with van der Waals surface area (Å²) in [5, 5.41) is 11.5. The first-order chi connectivity index (χ1) is 7.33. The molecular weight excluding hydrogens is 210 g/mol. The quantitative estimate of drug-likeness (QED) is 0.304. The first-order valence-electron chi connectivity index (χ1n) is 5.29. The molecule has 1 aliphatic heterocycles. The molecule has 0 aromatic heterocycles. The zero-order chi connectivity index (χ0) is 12.3. The SMILES string of the molecule is CC(C)(C)OC(=O)N1CC[C@H](C(N)=NO)C1. The van der Waals surface area contributed by atoms with Crippen molar-refractivity contribution in [1.82, 2.24) is 4.90 Å². The molecule has 3 N–H and O–H groups in total. The summed E-state index contributed by atoms with van der Waals surface area (Å²) in [6.45, 7) is 6.49. The fourth-order valence-electron chi connectivity index (χ4n) is 1.58. The molecule has 1 rings (SSSR count). The van der Waals surface area contributed by atoms with Crippen LogP contribution in [0.3, 0.4) is 0 Å². The number of hydrogen-bond acceptors (Lipinski definition) is 4. The van der Waals surface area contributed by atoms with Gasteiger partial charge in [0.1, 0.15) is 11.4 Å². The molecule has 1 fully saturated rings. The molecule has 0 aromatic rings. The van der Waals surface area contributed by atoms with Crippen molar-refractivity contribution in [3.05, 3.63) is 0 Å². The van der Waals surface area contributed by atoms with E-state index in [4.69, 9.17) is 15.7 Å². The van der Waals surface area contributed by atoms with Crippen molar-refractivity contribution in [1.29, 1.82) is 0 Å². The summed E-state index contributed by atoms with van der Waals surface area (Å²) >= 11 is 0. The van der Waals surface area contributed by atoms with Gasteiger partial charge in [-0.3, -0.25) is 0 Å². The molecule has 1 saturated heterocycles. The first-order valence-corrected chi connectivity index (χ1v) is 5.29. The molecule has 92 valence electrons. The number of rotatable bonds is 1. The molecule has 6 nitrogen and oxygen atoms in total.